The van der Waals surface area contributed by atoms with Crippen molar-refractivity contribution >= 4 is 17.8 Å². The molecule has 1 heterocycles. The molecule has 146 valence electrons. The predicted molar refractivity (Wildman–Crippen MR) is 103 cm³/mol. The Labute approximate surface area is 163 Å². The molecule has 0 fully saturated rings. The van der Waals surface area contributed by atoms with Crippen LogP contribution in [0.25, 0.3) is 0 Å². The van der Waals surface area contributed by atoms with E-state index < -0.39 is 12.2 Å². The summed E-state index contributed by atoms with van der Waals surface area (Å²) < 4.78 is 16.6. The Morgan fingerprint density at radius 3 is 2.25 bits per heavy atom. The first-order valence-corrected chi connectivity index (χ1v) is 9.00. The fraction of sp³-hybridized carbons (Fsp3) is 0.286. The van der Waals surface area contributed by atoms with Crippen molar-refractivity contribution in [1.82, 2.24) is 5.01 Å². The fourth-order valence-corrected chi connectivity index (χ4v) is 2.72. The molecule has 28 heavy (non-hydrogen) atoms. The smallest absolute Gasteiger partial charge is 0.308 e. The molecule has 1 amide bonds. The first-order valence-electron chi connectivity index (χ1n) is 9.00. The van der Waals surface area contributed by atoms with Crippen LogP contribution in [-0.2, 0) is 20.7 Å². The molecule has 1 atom stereocenters. The Kier molecular flexibility index (Phi) is 5.93. The summed E-state index contributed by atoms with van der Waals surface area (Å²) in [5.41, 5.74) is 1.93. The summed E-state index contributed by atoms with van der Waals surface area (Å²) in [4.78, 5) is 23.0. The van der Waals surface area contributed by atoms with Crippen LogP contribution in [0.5, 0.6) is 11.5 Å². The number of rotatable bonds is 6. The molecule has 7 heteroatoms. The van der Waals surface area contributed by atoms with Gasteiger partial charge in [-0.15, -0.1) is 5.10 Å². The first-order chi connectivity index (χ1) is 13.5. The molecule has 0 aliphatic carbocycles. The number of aryl methyl sites for hydroxylation is 1. The molecular formula is C21H22N2O5. The number of carbonyl (C=O) groups excluding carboxylic acids is 2. The second kappa shape index (κ2) is 8.56. The standard InChI is InChI=1S/C21H22N2O5/c1-4-16-5-9-18(10-6-16)26-13-20-22-23(14(2)24)21(28-20)17-7-11-19(12-8-17)27-15(3)25/h5-12,21H,4,13H2,1-3H3. The van der Waals surface area contributed by atoms with Crippen molar-refractivity contribution in [2.24, 2.45) is 5.10 Å². The van der Waals surface area contributed by atoms with Gasteiger partial charge in [0.15, 0.2) is 6.61 Å². The number of nitrogens with zero attached hydrogens (tertiary/aromatic N) is 2. The number of hydrogen-bond acceptors (Lipinski definition) is 6. The van der Waals surface area contributed by atoms with Gasteiger partial charge in [-0.2, -0.15) is 5.01 Å². The molecule has 0 radical (unpaired) electrons. The lowest BCUT2D eigenvalue weighted by atomic mass is 10.2. The summed E-state index contributed by atoms with van der Waals surface area (Å²) in [7, 11) is 0. The van der Waals surface area contributed by atoms with E-state index in [0.29, 0.717) is 23.0 Å². The number of carbonyl (C=O) groups is 2. The largest absolute Gasteiger partial charge is 0.484 e. The summed E-state index contributed by atoms with van der Waals surface area (Å²) in [6.07, 6.45) is 0.270. The van der Waals surface area contributed by atoms with E-state index >= 15 is 0 Å². The minimum Gasteiger partial charge on any atom is -0.484 e. The van der Waals surface area contributed by atoms with E-state index in [-0.39, 0.29) is 12.5 Å². The Morgan fingerprint density at radius 2 is 1.68 bits per heavy atom. The Morgan fingerprint density at radius 1 is 1.04 bits per heavy atom. The molecule has 2 aromatic rings. The van der Waals surface area contributed by atoms with E-state index in [1.807, 2.05) is 24.3 Å². The normalized spacial score (nSPS) is 15.6. The van der Waals surface area contributed by atoms with Crippen LogP contribution in [0.1, 0.15) is 38.1 Å². The minimum atomic E-state index is -0.690. The zero-order valence-electron chi connectivity index (χ0n) is 16.0. The van der Waals surface area contributed by atoms with Crippen LogP contribution < -0.4 is 9.47 Å². The van der Waals surface area contributed by atoms with E-state index in [9.17, 15) is 9.59 Å². The van der Waals surface area contributed by atoms with Gasteiger partial charge in [-0.1, -0.05) is 19.1 Å². The summed E-state index contributed by atoms with van der Waals surface area (Å²) in [5.74, 6) is 0.779. The predicted octanol–water partition coefficient (Wildman–Crippen LogP) is 3.44. The molecule has 0 aromatic heterocycles. The number of ether oxygens (including phenoxy) is 3. The second-order valence-electron chi connectivity index (χ2n) is 6.28. The van der Waals surface area contributed by atoms with Crippen LogP contribution in [0.15, 0.2) is 53.6 Å². The van der Waals surface area contributed by atoms with Gasteiger partial charge in [0.2, 0.25) is 18.0 Å². The summed E-state index contributed by atoms with van der Waals surface area (Å²) in [6.45, 7) is 4.95. The molecule has 7 nitrogen and oxygen atoms in total. The zero-order valence-corrected chi connectivity index (χ0v) is 16.0. The van der Waals surface area contributed by atoms with Crippen molar-refractivity contribution in [2.75, 3.05) is 6.61 Å². The maximum atomic E-state index is 12.0. The zero-order chi connectivity index (χ0) is 20.1. The van der Waals surface area contributed by atoms with Gasteiger partial charge in [-0.25, -0.2) is 0 Å². The summed E-state index contributed by atoms with van der Waals surface area (Å²) >= 11 is 0. The van der Waals surface area contributed by atoms with Gasteiger partial charge in [0.05, 0.1) is 0 Å². The Hall–Kier alpha value is -3.35. The lowest BCUT2D eigenvalue weighted by molar-refractivity contribution is -0.135. The van der Waals surface area contributed by atoms with Crippen LogP contribution in [0, 0.1) is 0 Å². The average molecular weight is 382 g/mol. The quantitative estimate of drug-likeness (QED) is 0.565. The number of hydrogen-bond donors (Lipinski definition) is 0. The number of benzene rings is 2. The average Bonchev–Trinajstić information content (AvgIpc) is 3.11. The molecule has 2 aromatic carbocycles. The summed E-state index contributed by atoms with van der Waals surface area (Å²) in [5, 5.41) is 5.50. The lowest BCUT2D eigenvalue weighted by Crippen LogP contribution is -2.25. The highest BCUT2D eigenvalue weighted by Crippen LogP contribution is 2.29. The third kappa shape index (κ3) is 4.68. The van der Waals surface area contributed by atoms with Gasteiger partial charge in [0, 0.05) is 19.4 Å². The van der Waals surface area contributed by atoms with Crippen molar-refractivity contribution < 1.29 is 23.8 Å². The number of amides is 1. The van der Waals surface area contributed by atoms with Gasteiger partial charge >= 0.3 is 5.97 Å². The Balaban J connectivity index is 1.67. The van der Waals surface area contributed by atoms with Gasteiger partial charge in [0.25, 0.3) is 0 Å². The third-order valence-electron chi connectivity index (χ3n) is 4.13. The van der Waals surface area contributed by atoms with E-state index in [1.165, 1.54) is 24.4 Å². The maximum absolute atomic E-state index is 12.0. The topological polar surface area (TPSA) is 77.4 Å². The third-order valence-corrected chi connectivity index (χ3v) is 4.13. The molecule has 0 bridgehead atoms. The van der Waals surface area contributed by atoms with Crippen LogP contribution in [0.2, 0.25) is 0 Å². The van der Waals surface area contributed by atoms with Crippen molar-refractivity contribution in [3.8, 4) is 11.5 Å². The second-order valence-corrected chi connectivity index (χ2v) is 6.28. The van der Waals surface area contributed by atoms with Gasteiger partial charge in [-0.05, 0) is 48.4 Å². The van der Waals surface area contributed by atoms with Crippen LogP contribution in [0.3, 0.4) is 0 Å². The van der Waals surface area contributed by atoms with Gasteiger partial charge in [-0.3, -0.25) is 9.59 Å². The van der Waals surface area contributed by atoms with Gasteiger partial charge in [0.1, 0.15) is 11.5 Å². The molecule has 3 rings (SSSR count). The van der Waals surface area contributed by atoms with Crippen molar-refractivity contribution in [2.45, 2.75) is 33.4 Å². The monoisotopic (exact) mass is 382 g/mol. The molecule has 0 N–H and O–H groups in total. The maximum Gasteiger partial charge on any atom is 0.308 e. The molecule has 1 aliphatic rings. The Bertz CT molecular complexity index is 875. The molecule has 0 saturated carbocycles. The van der Waals surface area contributed by atoms with E-state index in [1.54, 1.807) is 24.3 Å². The van der Waals surface area contributed by atoms with E-state index in [4.69, 9.17) is 14.2 Å². The molecule has 1 aliphatic heterocycles. The summed E-state index contributed by atoms with van der Waals surface area (Å²) in [6, 6.07) is 14.5. The van der Waals surface area contributed by atoms with Crippen molar-refractivity contribution in [3.63, 3.8) is 0 Å². The molecule has 1 unspecified atom stereocenters. The minimum absolute atomic E-state index is 0.108. The highest BCUT2D eigenvalue weighted by molar-refractivity contribution is 5.83. The van der Waals surface area contributed by atoms with Crippen LogP contribution in [-0.4, -0.2) is 29.4 Å². The van der Waals surface area contributed by atoms with E-state index in [2.05, 4.69) is 12.0 Å². The highest BCUT2D eigenvalue weighted by Gasteiger charge is 2.32. The van der Waals surface area contributed by atoms with Crippen LogP contribution in [0.4, 0.5) is 0 Å². The van der Waals surface area contributed by atoms with Gasteiger partial charge < -0.3 is 14.2 Å². The van der Waals surface area contributed by atoms with Crippen molar-refractivity contribution in [3.05, 3.63) is 59.7 Å². The lowest BCUT2D eigenvalue weighted by Gasteiger charge is -2.19. The first kappa shape index (κ1) is 19.4. The van der Waals surface area contributed by atoms with Crippen LogP contribution >= 0.6 is 0 Å². The fourth-order valence-electron chi connectivity index (χ4n) is 2.72. The van der Waals surface area contributed by atoms with E-state index in [0.717, 1.165) is 6.42 Å². The number of hydrazone groups is 1. The highest BCUT2D eigenvalue weighted by atomic mass is 16.6. The van der Waals surface area contributed by atoms with Crippen molar-refractivity contribution in [1.29, 1.82) is 0 Å². The molecule has 0 saturated heterocycles. The SMILES string of the molecule is CCc1ccc(OCC2=NN(C(C)=O)C(c3ccc(OC(C)=O)cc3)O2)cc1. The molecular weight excluding hydrogens is 360 g/mol. The number of esters is 1. The molecule has 0 spiro atoms.